The molecule has 1 aromatic rings. The van der Waals surface area contributed by atoms with Crippen LogP contribution in [0.25, 0.3) is 0 Å². The Bertz CT molecular complexity index is 675. The third-order valence-corrected chi connectivity index (χ3v) is 4.17. The van der Waals surface area contributed by atoms with E-state index in [0.717, 1.165) is 11.3 Å². The maximum atomic E-state index is 12.4. The summed E-state index contributed by atoms with van der Waals surface area (Å²) < 4.78 is 5.47. The van der Waals surface area contributed by atoms with Gasteiger partial charge in [-0.05, 0) is 32.4 Å². The van der Waals surface area contributed by atoms with Crippen LogP contribution in [0.3, 0.4) is 0 Å². The molecular formula is C18H24N2O5. The van der Waals surface area contributed by atoms with E-state index >= 15 is 0 Å². The second-order valence-electron chi connectivity index (χ2n) is 6.48. The SMILES string of the molecule is CCC[C@@]1(C)NC(=O)N(C[C@H](O)COc2cccc(C(C)=O)c2)C1=O. The Morgan fingerprint density at radius 1 is 1.40 bits per heavy atom. The van der Waals surface area contributed by atoms with Crippen LogP contribution in [0.15, 0.2) is 24.3 Å². The van der Waals surface area contributed by atoms with Crippen LogP contribution in [-0.2, 0) is 4.79 Å². The van der Waals surface area contributed by atoms with E-state index in [2.05, 4.69) is 5.32 Å². The molecule has 0 radical (unpaired) electrons. The number of imide groups is 1. The van der Waals surface area contributed by atoms with Crippen molar-refractivity contribution in [1.82, 2.24) is 10.2 Å². The number of rotatable bonds is 8. The monoisotopic (exact) mass is 348 g/mol. The van der Waals surface area contributed by atoms with E-state index < -0.39 is 17.7 Å². The average molecular weight is 348 g/mol. The van der Waals surface area contributed by atoms with Gasteiger partial charge in [0, 0.05) is 5.56 Å². The minimum atomic E-state index is -1.03. The van der Waals surface area contributed by atoms with Gasteiger partial charge >= 0.3 is 6.03 Å². The summed E-state index contributed by atoms with van der Waals surface area (Å²) >= 11 is 0. The van der Waals surface area contributed by atoms with E-state index in [-0.39, 0.29) is 24.8 Å². The van der Waals surface area contributed by atoms with Gasteiger partial charge in [0.25, 0.3) is 5.91 Å². The van der Waals surface area contributed by atoms with Gasteiger partial charge in [-0.15, -0.1) is 0 Å². The number of aliphatic hydroxyl groups excluding tert-OH is 1. The minimum absolute atomic E-state index is 0.0828. The molecule has 2 atom stereocenters. The van der Waals surface area contributed by atoms with Crippen LogP contribution in [0.1, 0.15) is 44.0 Å². The molecule has 2 N–H and O–H groups in total. The van der Waals surface area contributed by atoms with E-state index in [9.17, 15) is 19.5 Å². The van der Waals surface area contributed by atoms with Crippen LogP contribution in [-0.4, -0.2) is 52.5 Å². The molecule has 2 rings (SSSR count). The molecule has 1 saturated heterocycles. The van der Waals surface area contributed by atoms with Crippen LogP contribution in [0.5, 0.6) is 5.75 Å². The predicted octanol–water partition coefficient (Wildman–Crippen LogP) is 1.74. The van der Waals surface area contributed by atoms with Gasteiger partial charge in [0.05, 0.1) is 6.54 Å². The van der Waals surface area contributed by atoms with E-state index in [1.165, 1.54) is 6.92 Å². The van der Waals surface area contributed by atoms with Gasteiger partial charge in [-0.3, -0.25) is 14.5 Å². The number of hydrogen-bond acceptors (Lipinski definition) is 5. The van der Waals surface area contributed by atoms with Crippen LogP contribution >= 0.6 is 0 Å². The van der Waals surface area contributed by atoms with Gasteiger partial charge in [-0.1, -0.05) is 25.5 Å². The maximum Gasteiger partial charge on any atom is 0.325 e. The molecule has 0 unspecified atom stereocenters. The van der Waals surface area contributed by atoms with Crippen molar-refractivity contribution in [3.63, 3.8) is 0 Å². The van der Waals surface area contributed by atoms with E-state index in [0.29, 0.717) is 17.7 Å². The number of β-amino-alcohol motifs (C(OH)–C–C–N with tert-alkyl or cyclic N) is 1. The molecule has 0 bridgehead atoms. The number of urea groups is 1. The Balaban J connectivity index is 1.93. The van der Waals surface area contributed by atoms with Crippen molar-refractivity contribution < 1.29 is 24.2 Å². The Hall–Kier alpha value is -2.41. The summed E-state index contributed by atoms with van der Waals surface area (Å²) in [7, 11) is 0. The number of Topliss-reactive ketones (excluding diaryl/α,β-unsaturated/α-hetero) is 1. The molecule has 0 saturated carbocycles. The van der Waals surface area contributed by atoms with Gasteiger partial charge in [0.15, 0.2) is 5.78 Å². The quantitative estimate of drug-likeness (QED) is 0.551. The smallest absolute Gasteiger partial charge is 0.325 e. The van der Waals surface area contributed by atoms with Gasteiger partial charge in [0.1, 0.15) is 24.0 Å². The fraction of sp³-hybridized carbons (Fsp3) is 0.500. The number of hydrogen-bond donors (Lipinski definition) is 2. The number of carbonyl (C=O) groups is 3. The van der Waals surface area contributed by atoms with E-state index in [4.69, 9.17) is 4.74 Å². The zero-order valence-corrected chi connectivity index (χ0v) is 14.7. The molecule has 3 amide bonds. The normalized spacial score (nSPS) is 21.2. The molecular weight excluding hydrogens is 324 g/mol. The standard InChI is InChI=1S/C18H24N2O5/c1-4-8-18(3)16(23)20(17(24)19-18)10-14(22)11-25-15-7-5-6-13(9-15)12(2)21/h5-7,9,14,22H,4,8,10-11H2,1-3H3,(H,19,24)/t14-,18+/m0/s1. The highest BCUT2D eigenvalue weighted by Crippen LogP contribution is 2.23. The fourth-order valence-corrected chi connectivity index (χ4v) is 2.84. The van der Waals surface area contributed by atoms with Crippen LogP contribution < -0.4 is 10.1 Å². The second kappa shape index (κ2) is 7.65. The molecule has 1 aliphatic heterocycles. The van der Waals surface area contributed by atoms with Crippen molar-refractivity contribution in [3.05, 3.63) is 29.8 Å². The lowest BCUT2D eigenvalue weighted by Gasteiger charge is -2.22. The first kappa shape index (κ1) is 18.9. The first-order valence-electron chi connectivity index (χ1n) is 8.33. The van der Waals surface area contributed by atoms with Crippen LogP contribution in [0.4, 0.5) is 4.79 Å². The van der Waals surface area contributed by atoms with Crippen molar-refractivity contribution in [2.45, 2.75) is 45.3 Å². The Labute approximate surface area is 147 Å². The summed E-state index contributed by atoms with van der Waals surface area (Å²) in [5.74, 6) is 0.0253. The molecule has 1 fully saturated rings. The molecule has 1 aliphatic rings. The van der Waals surface area contributed by atoms with Gasteiger partial charge < -0.3 is 15.2 Å². The Morgan fingerprint density at radius 2 is 2.12 bits per heavy atom. The molecule has 7 nitrogen and oxygen atoms in total. The topological polar surface area (TPSA) is 95.9 Å². The minimum Gasteiger partial charge on any atom is -0.491 e. The van der Waals surface area contributed by atoms with Gasteiger partial charge in [-0.25, -0.2) is 4.79 Å². The highest BCUT2D eigenvalue weighted by Gasteiger charge is 2.47. The Morgan fingerprint density at radius 3 is 2.76 bits per heavy atom. The van der Waals surface area contributed by atoms with Crippen LogP contribution in [0, 0.1) is 0 Å². The zero-order valence-electron chi connectivity index (χ0n) is 14.7. The van der Waals surface area contributed by atoms with Gasteiger partial charge in [-0.2, -0.15) is 0 Å². The molecule has 0 aromatic heterocycles. The third kappa shape index (κ3) is 4.36. The lowest BCUT2D eigenvalue weighted by molar-refractivity contribution is -0.132. The highest BCUT2D eigenvalue weighted by atomic mass is 16.5. The van der Waals surface area contributed by atoms with Crippen molar-refractivity contribution in [2.24, 2.45) is 0 Å². The number of amides is 3. The number of benzene rings is 1. The largest absolute Gasteiger partial charge is 0.491 e. The fourth-order valence-electron chi connectivity index (χ4n) is 2.84. The first-order valence-corrected chi connectivity index (χ1v) is 8.33. The number of nitrogens with one attached hydrogen (secondary N) is 1. The van der Waals surface area contributed by atoms with Crippen molar-refractivity contribution in [2.75, 3.05) is 13.2 Å². The van der Waals surface area contributed by atoms with Gasteiger partial charge in [0.2, 0.25) is 0 Å². The lowest BCUT2D eigenvalue weighted by Crippen LogP contribution is -2.44. The summed E-state index contributed by atoms with van der Waals surface area (Å²) in [4.78, 5) is 36.8. The summed E-state index contributed by atoms with van der Waals surface area (Å²) in [5.41, 5.74) is -0.404. The first-order chi connectivity index (χ1) is 11.8. The second-order valence-corrected chi connectivity index (χ2v) is 6.48. The number of carbonyl (C=O) groups excluding carboxylic acids is 3. The van der Waals surface area contributed by atoms with Crippen molar-refractivity contribution in [1.29, 1.82) is 0 Å². The van der Waals surface area contributed by atoms with E-state index in [1.54, 1.807) is 31.2 Å². The molecule has 136 valence electrons. The predicted molar refractivity (Wildman–Crippen MR) is 91.5 cm³/mol. The Kier molecular flexibility index (Phi) is 5.79. The zero-order chi connectivity index (χ0) is 18.6. The summed E-state index contributed by atoms with van der Waals surface area (Å²) in [6, 6.07) is 6.12. The number of aliphatic hydroxyl groups is 1. The van der Waals surface area contributed by atoms with Crippen LogP contribution in [0.2, 0.25) is 0 Å². The average Bonchev–Trinajstić information content (AvgIpc) is 2.77. The number of ketones is 1. The van der Waals surface area contributed by atoms with Crippen molar-refractivity contribution >= 4 is 17.7 Å². The molecule has 25 heavy (non-hydrogen) atoms. The maximum absolute atomic E-state index is 12.4. The summed E-state index contributed by atoms with van der Waals surface area (Å²) in [6.45, 7) is 4.84. The highest BCUT2D eigenvalue weighted by molar-refractivity contribution is 6.06. The molecule has 0 aliphatic carbocycles. The molecule has 0 spiro atoms. The summed E-state index contributed by atoms with van der Waals surface area (Å²) in [6.07, 6.45) is 0.271. The lowest BCUT2D eigenvalue weighted by atomic mass is 9.96. The molecule has 1 aromatic carbocycles. The number of nitrogens with zero attached hydrogens (tertiary/aromatic N) is 1. The third-order valence-electron chi connectivity index (χ3n) is 4.17. The van der Waals surface area contributed by atoms with E-state index in [1.807, 2.05) is 6.92 Å². The molecule has 1 heterocycles. The molecule has 7 heteroatoms. The number of ether oxygens (including phenoxy) is 1. The van der Waals surface area contributed by atoms with Crippen molar-refractivity contribution in [3.8, 4) is 5.75 Å². The summed E-state index contributed by atoms with van der Waals surface area (Å²) in [5, 5.41) is 12.8.